The second kappa shape index (κ2) is 8.93. The van der Waals surface area contributed by atoms with Gasteiger partial charge < -0.3 is 15.5 Å². The second-order valence-corrected chi connectivity index (χ2v) is 4.01. The fraction of sp³-hybridized carbons (Fsp3) is 0.0714. The molecule has 2 rings (SSSR count). The minimum Gasteiger partial charge on any atom is -0.465 e. The Morgan fingerprint density at radius 3 is 2.27 bits per heavy atom. The van der Waals surface area contributed by atoms with E-state index in [1.807, 2.05) is 18.2 Å². The third-order valence-electron chi connectivity index (χ3n) is 2.41. The molecular formula is C14H16N4O4. The predicted molar refractivity (Wildman–Crippen MR) is 80.2 cm³/mol. The number of anilines is 1. The van der Waals surface area contributed by atoms with E-state index in [0.717, 1.165) is 0 Å². The van der Waals surface area contributed by atoms with Gasteiger partial charge in [0.1, 0.15) is 0 Å². The van der Waals surface area contributed by atoms with Gasteiger partial charge in [-0.1, -0.05) is 18.2 Å². The Balaban J connectivity index is 0.000000335. The van der Waals surface area contributed by atoms with Crippen molar-refractivity contribution in [1.29, 1.82) is 0 Å². The molecule has 0 spiro atoms. The average molecular weight is 304 g/mol. The van der Waals surface area contributed by atoms with Crippen LogP contribution in [0.1, 0.15) is 5.56 Å². The summed E-state index contributed by atoms with van der Waals surface area (Å²) < 4.78 is 0. The number of carboxylic acid groups (broad SMARTS) is 2. The molecule has 0 unspecified atom stereocenters. The van der Waals surface area contributed by atoms with E-state index in [0.29, 0.717) is 10.6 Å². The Labute approximate surface area is 126 Å². The molecule has 8 heteroatoms. The minimum absolute atomic E-state index is 0.0939. The molecule has 0 atom stereocenters. The van der Waals surface area contributed by atoms with Crippen molar-refractivity contribution in [2.75, 3.05) is 5.01 Å². The Kier molecular flexibility index (Phi) is 6.87. The molecule has 0 aliphatic heterocycles. The van der Waals surface area contributed by atoms with Crippen LogP contribution in [-0.2, 0) is 6.54 Å². The van der Waals surface area contributed by atoms with E-state index < -0.39 is 12.2 Å². The molecule has 1 aromatic carbocycles. The lowest BCUT2D eigenvalue weighted by Crippen LogP contribution is -2.36. The van der Waals surface area contributed by atoms with Crippen LogP contribution in [0.15, 0.2) is 54.9 Å². The fourth-order valence-corrected chi connectivity index (χ4v) is 1.42. The molecule has 2 aromatic rings. The summed E-state index contributed by atoms with van der Waals surface area (Å²) in [5.41, 5.74) is 0.897. The number of benzene rings is 1. The van der Waals surface area contributed by atoms with Crippen LogP contribution in [0.5, 0.6) is 0 Å². The molecule has 0 bridgehead atoms. The summed E-state index contributed by atoms with van der Waals surface area (Å²) in [7, 11) is 0. The molecule has 22 heavy (non-hydrogen) atoms. The van der Waals surface area contributed by atoms with Gasteiger partial charge in [-0.05, 0) is 29.8 Å². The summed E-state index contributed by atoms with van der Waals surface area (Å²) in [4.78, 5) is 24.6. The van der Waals surface area contributed by atoms with Crippen LogP contribution in [0, 0.1) is 0 Å². The lowest BCUT2D eigenvalue weighted by molar-refractivity contribution is 0.193. The van der Waals surface area contributed by atoms with E-state index >= 15 is 0 Å². The Hall–Kier alpha value is -3.13. The van der Waals surface area contributed by atoms with Crippen LogP contribution in [0.3, 0.4) is 0 Å². The quantitative estimate of drug-likeness (QED) is 0.389. The van der Waals surface area contributed by atoms with Gasteiger partial charge in [-0.3, -0.25) is 4.98 Å². The first kappa shape index (κ1) is 16.9. The zero-order valence-corrected chi connectivity index (χ0v) is 11.6. The Morgan fingerprint density at radius 1 is 1.14 bits per heavy atom. The number of rotatable bonds is 3. The first-order valence-corrected chi connectivity index (χ1v) is 6.19. The largest absolute Gasteiger partial charge is 0.465 e. The van der Waals surface area contributed by atoms with E-state index in [1.54, 1.807) is 24.5 Å². The fourth-order valence-electron chi connectivity index (χ4n) is 1.42. The van der Waals surface area contributed by atoms with Gasteiger partial charge in [-0.2, -0.15) is 0 Å². The summed E-state index contributed by atoms with van der Waals surface area (Å²) in [6, 6.07) is 12.0. The van der Waals surface area contributed by atoms with E-state index in [2.05, 4.69) is 10.3 Å². The molecule has 2 amide bonds. The van der Waals surface area contributed by atoms with Crippen LogP contribution < -0.4 is 16.2 Å². The first-order valence-electron chi connectivity index (χ1n) is 6.19. The molecule has 0 saturated heterocycles. The lowest BCUT2D eigenvalue weighted by atomic mass is 10.2. The summed E-state index contributed by atoms with van der Waals surface area (Å²) in [5.74, 6) is 5.26. The molecule has 0 radical (unpaired) electrons. The van der Waals surface area contributed by atoms with Crippen LogP contribution in [0.25, 0.3) is 0 Å². The average Bonchev–Trinajstić information content (AvgIpc) is 2.54. The number of carbonyl (C=O) groups is 2. The summed E-state index contributed by atoms with van der Waals surface area (Å²) in [6.07, 6.45) is 1.07. The second-order valence-electron chi connectivity index (χ2n) is 4.01. The van der Waals surface area contributed by atoms with Crippen LogP contribution in [0.4, 0.5) is 15.3 Å². The standard InChI is InChI=1S/C9H11N3O4.C5H5N/c10-12(9(15)16)7-3-1-2-6(4-7)5-11-8(13)14;1-2-4-6-5-3-1/h1-4,11H,5,10H2,(H,13,14)(H,15,16);1-5H. The maximum Gasteiger partial charge on any atom is 0.426 e. The number of nitrogens with zero attached hydrogens (tertiary/aromatic N) is 2. The van der Waals surface area contributed by atoms with Gasteiger partial charge in [-0.15, -0.1) is 0 Å². The number of hydrogen-bond acceptors (Lipinski definition) is 4. The molecule has 0 saturated carbocycles. The monoisotopic (exact) mass is 304 g/mol. The van der Waals surface area contributed by atoms with Crippen molar-refractivity contribution in [2.24, 2.45) is 5.84 Å². The molecular weight excluding hydrogens is 288 g/mol. The zero-order valence-electron chi connectivity index (χ0n) is 11.6. The molecule has 8 nitrogen and oxygen atoms in total. The molecule has 5 N–H and O–H groups in total. The normalized spacial score (nSPS) is 9.14. The highest BCUT2D eigenvalue weighted by Crippen LogP contribution is 2.13. The number of amides is 2. The van der Waals surface area contributed by atoms with Crippen molar-refractivity contribution in [3.05, 3.63) is 60.4 Å². The van der Waals surface area contributed by atoms with E-state index in [9.17, 15) is 9.59 Å². The first-order chi connectivity index (χ1) is 10.5. The summed E-state index contributed by atoms with van der Waals surface area (Å²) >= 11 is 0. The topological polar surface area (TPSA) is 129 Å². The van der Waals surface area contributed by atoms with Gasteiger partial charge in [0.05, 0.1) is 5.69 Å². The molecule has 0 aliphatic rings. The van der Waals surface area contributed by atoms with Gasteiger partial charge in [0, 0.05) is 18.9 Å². The third kappa shape index (κ3) is 6.35. The maximum absolute atomic E-state index is 10.6. The van der Waals surface area contributed by atoms with Crippen molar-refractivity contribution in [2.45, 2.75) is 6.54 Å². The number of pyridine rings is 1. The highest BCUT2D eigenvalue weighted by molar-refractivity contribution is 5.84. The molecule has 1 aromatic heterocycles. The Morgan fingerprint density at radius 2 is 1.82 bits per heavy atom. The van der Waals surface area contributed by atoms with Gasteiger partial charge >= 0.3 is 12.2 Å². The van der Waals surface area contributed by atoms with Crippen LogP contribution in [-0.4, -0.2) is 27.4 Å². The van der Waals surface area contributed by atoms with E-state index in [4.69, 9.17) is 16.1 Å². The van der Waals surface area contributed by atoms with Crippen molar-refractivity contribution < 1.29 is 19.8 Å². The van der Waals surface area contributed by atoms with Gasteiger partial charge in [0.25, 0.3) is 0 Å². The summed E-state index contributed by atoms with van der Waals surface area (Å²) in [5, 5.41) is 19.8. The maximum atomic E-state index is 10.6. The van der Waals surface area contributed by atoms with Crippen LogP contribution >= 0.6 is 0 Å². The highest BCUT2D eigenvalue weighted by atomic mass is 16.4. The number of aromatic nitrogens is 1. The highest BCUT2D eigenvalue weighted by Gasteiger charge is 2.09. The third-order valence-corrected chi connectivity index (χ3v) is 2.41. The van der Waals surface area contributed by atoms with E-state index in [-0.39, 0.29) is 12.2 Å². The molecule has 0 aliphatic carbocycles. The minimum atomic E-state index is -1.29. The molecule has 1 heterocycles. The molecule has 0 fully saturated rings. The molecule has 116 valence electrons. The van der Waals surface area contributed by atoms with Gasteiger partial charge in [-0.25, -0.2) is 20.4 Å². The predicted octanol–water partition coefficient (Wildman–Crippen LogP) is 1.89. The summed E-state index contributed by atoms with van der Waals surface area (Å²) in [6.45, 7) is 0.0939. The number of hydrazine groups is 1. The zero-order chi connectivity index (χ0) is 16.4. The Bertz CT molecular complexity index is 580. The van der Waals surface area contributed by atoms with E-state index in [1.165, 1.54) is 12.1 Å². The van der Waals surface area contributed by atoms with Crippen molar-refractivity contribution in [3.8, 4) is 0 Å². The van der Waals surface area contributed by atoms with Crippen molar-refractivity contribution in [3.63, 3.8) is 0 Å². The van der Waals surface area contributed by atoms with Crippen LogP contribution in [0.2, 0.25) is 0 Å². The SMILES string of the molecule is NN(C(=O)O)c1cccc(CNC(=O)O)c1.c1ccncc1. The van der Waals surface area contributed by atoms with Crippen molar-refractivity contribution in [1.82, 2.24) is 10.3 Å². The number of nitrogens with one attached hydrogen (secondary N) is 1. The van der Waals surface area contributed by atoms with Crippen molar-refractivity contribution >= 4 is 17.9 Å². The number of nitrogens with two attached hydrogens (primary N) is 1. The smallest absolute Gasteiger partial charge is 0.426 e. The lowest BCUT2D eigenvalue weighted by Gasteiger charge is -2.13. The van der Waals surface area contributed by atoms with Gasteiger partial charge in [0.2, 0.25) is 0 Å². The van der Waals surface area contributed by atoms with Gasteiger partial charge in [0.15, 0.2) is 0 Å². The number of hydrogen-bond donors (Lipinski definition) is 4.